The van der Waals surface area contributed by atoms with Gasteiger partial charge < -0.3 is 15.4 Å². The van der Waals surface area contributed by atoms with Crippen LogP contribution in [-0.2, 0) is 4.74 Å². The minimum atomic E-state index is -0.418. The molecule has 4 nitrogen and oxygen atoms in total. The fourth-order valence-corrected chi connectivity index (χ4v) is 2.49. The van der Waals surface area contributed by atoms with Crippen LogP contribution in [0.2, 0.25) is 0 Å². The average Bonchev–Trinajstić information content (AvgIpc) is 2.76. The third-order valence-electron chi connectivity index (χ3n) is 3.62. The second-order valence-corrected chi connectivity index (χ2v) is 6.63. The number of carbonyl (C=O) groups excluding carboxylic acids is 1. The third kappa shape index (κ3) is 5.81. The summed E-state index contributed by atoms with van der Waals surface area (Å²) in [6.07, 6.45) is 5.54. The van der Waals surface area contributed by atoms with E-state index in [1.54, 1.807) is 4.90 Å². The number of hydrogen-bond acceptors (Lipinski definition) is 3. The Hall–Kier alpha value is -0.770. The van der Waals surface area contributed by atoms with Crippen molar-refractivity contribution in [1.82, 2.24) is 4.90 Å². The zero-order valence-electron chi connectivity index (χ0n) is 12.9. The third-order valence-corrected chi connectivity index (χ3v) is 3.62. The first-order valence-electron chi connectivity index (χ1n) is 7.57. The Labute approximate surface area is 117 Å². The number of nitrogens with two attached hydrogens (primary N) is 1. The van der Waals surface area contributed by atoms with E-state index >= 15 is 0 Å². The van der Waals surface area contributed by atoms with E-state index in [4.69, 9.17) is 10.5 Å². The second-order valence-electron chi connectivity index (χ2n) is 6.63. The molecule has 1 aliphatic rings. The Kier molecular flexibility index (Phi) is 6.11. The van der Waals surface area contributed by atoms with E-state index in [1.807, 2.05) is 20.8 Å². The van der Waals surface area contributed by atoms with Crippen LogP contribution < -0.4 is 5.73 Å². The summed E-state index contributed by atoms with van der Waals surface area (Å²) in [5.74, 6) is 0.435. The average molecular weight is 270 g/mol. The van der Waals surface area contributed by atoms with Crippen LogP contribution in [0.25, 0.3) is 0 Å². The maximum atomic E-state index is 12.0. The van der Waals surface area contributed by atoms with E-state index in [0.717, 1.165) is 25.9 Å². The molecule has 1 amide bonds. The number of carbonyl (C=O) groups is 1. The molecule has 112 valence electrons. The van der Waals surface area contributed by atoms with Gasteiger partial charge in [0.05, 0.1) is 0 Å². The predicted octanol–water partition coefficient (Wildman–Crippen LogP) is 3.15. The van der Waals surface area contributed by atoms with Crippen molar-refractivity contribution in [2.24, 2.45) is 11.7 Å². The lowest BCUT2D eigenvalue weighted by Crippen LogP contribution is -2.37. The fourth-order valence-electron chi connectivity index (χ4n) is 2.49. The highest BCUT2D eigenvalue weighted by Crippen LogP contribution is 2.23. The number of nitrogens with zero attached hydrogens (tertiary/aromatic N) is 1. The summed E-state index contributed by atoms with van der Waals surface area (Å²) in [6, 6.07) is 0.221. The molecule has 2 unspecified atom stereocenters. The van der Waals surface area contributed by atoms with E-state index in [9.17, 15) is 4.79 Å². The Morgan fingerprint density at radius 1 is 1.42 bits per heavy atom. The van der Waals surface area contributed by atoms with Crippen molar-refractivity contribution in [3.05, 3.63) is 0 Å². The van der Waals surface area contributed by atoms with Crippen molar-refractivity contribution in [3.8, 4) is 0 Å². The monoisotopic (exact) mass is 270 g/mol. The lowest BCUT2D eigenvalue weighted by Gasteiger charge is -2.25. The van der Waals surface area contributed by atoms with Crippen molar-refractivity contribution in [3.63, 3.8) is 0 Å². The molecule has 4 heteroatoms. The zero-order valence-corrected chi connectivity index (χ0v) is 12.9. The number of ether oxygens (including phenoxy) is 1. The SMILES string of the molecule is CCCCCC(N)C1CCN(C(=O)OC(C)(C)C)C1. The van der Waals surface area contributed by atoms with Gasteiger partial charge in [0, 0.05) is 19.1 Å². The van der Waals surface area contributed by atoms with Gasteiger partial charge in [-0.1, -0.05) is 26.2 Å². The van der Waals surface area contributed by atoms with Gasteiger partial charge in [0.1, 0.15) is 5.60 Å². The topological polar surface area (TPSA) is 55.6 Å². The molecular formula is C15H30N2O2. The van der Waals surface area contributed by atoms with Crippen molar-refractivity contribution in [2.45, 2.75) is 71.4 Å². The lowest BCUT2D eigenvalue weighted by atomic mass is 9.95. The second kappa shape index (κ2) is 7.13. The van der Waals surface area contributed by atoms with Gasteiger partial charge in [0.25, 0.3) is 0 Å². The molecular weight excluding hydrogens is 240 g/mol. The molecule has 1 saturated heterocycles. The standard InChI is InChI=1S/C15H30N2O2/c1-5-6-7-8-13(16)12-9-10-17(11-12)14(18)19-15(2,3)4/h12-13H,5-11,16H2,1-4H3. The molecule has 0 radical (unpaired) electrons. The molecule has 0 saturated carbocycles. The first-order valence-corrected chi connectivity index (χ1v) is 7.57. The molecule has 2 N–H and O–H groups in total. The molecule has 1 rings (SSSR count). The summed E-state index contributed by atoms with van der Waals surface area (Å²) in [5.41, 5.74) is 5.81. The minimum Gasteiger partial charge on any atom is -0.444 e. The van der Waals surface area contributed by atoms with Crippen LogP contribution in [0.3, 0.4) is 0 Å². The van der Waals surface area contributed by atoms with Gasteiger partial charge in [-0.2, -0.15) is 0 Å². The molecule has 1 fully saturated rings. The van der Waals surface area contributed by atoms with E-state index in [1.165, 1.54) is 19.3 Å². The number of rotatable bonds is 5. The zero-order chi connectivity index (χ0) is 14.5. The smallest absolute Gasteiger partial charge is 0.410 e. The van der Waals surface area contributed by atoms with Crippen LogP contribution in [0.1, 0.15) is 59.8 Å². The van der Waals surface area contributed by atoms with E-state index < -0.39 is 5.60 Å². The highest BCUT2D eigenvalue weighted by atomic mass is 16.6. The number of amides is 1. The summed E-state index contributed by atoms with van der Waals surface area (Å²) in [5, 5.41) is 0. The van der Waals surface area contributed by atoms with Crippen LogP contribution in [0.4, 0.5) is 4.79 Å². The van der Waals surface area contributed by atoms with Crippen LogP contribution >= 0.6 is 0 Å². The van der Waals surface area contributed by atoms with Crippen LogP contribution in [0, 0.1) is 5.92 Å². The predicted molar refractivity (Wildman–Crippen MR) is 78.0 cm³/mol. The van der Waals surface area contributed by atoms with Gasteiger partial charge in [-0.3, -0.25) is 0 Å². The molecule has 2 atom stereocenters. The number of unbranched alkanes of at least 4 members (excludes halogenated alkanes) is 2. The maximum Gasteiger partial charge on any atom is 0.410 e. The van der Waals surface area contributed by atoms with Gasteiger partial charge in [-0.15, -0.1) is 0 Å². The van der Waals surface area contributed by atoms with Gasteiger partial charge in [0.2, 0.25) is 0 Å². The molecule has 0 aromatic rings. The Bertz CT molecular complexity index is 286. The largest absolute Gasteiger partial charge is 0.444 e. The number of likely N-dealkylation sites (tertiary alicyclic amines) is 1. The molecule has 1 aliphatic heterocycles. The van der Waals surface area contributed by atoms with Crippen molar-refractivity contribution < 1.29 is 9.53 Å². The fraction of sp³-hybridized carbons (Fsp3) is 0.933. The van der Waals surface area contributed by atoms with E-state index in [2.05, 4.69) is 6.92 Å². The molecule has 1 heterocycles. The maximum absolute atomic E-state index is 12.0. The van der Waals surface area contributed by atoms with Gasteiger partial charge in [0.15, 0.2) is 0 Å². The Morgan fingerprint density at radius 3 is 2.68 bits per heavy atom. The normalized spacial score (nSPS) is 21.5. The van der Waals surface area contributed by atoms with E-state index in [-0.39, 0.29) is 12.1 Å². The summed E-state index contributed by atoms with van der Waals surface area (Å²) in [7, 11) is 0. The van der Waals surface area contributed by atoms with Crippen LogP contribution in [-0.4, -0.2) is 35.7 Å². The highest BCUT2D eigenvalue weighted by Gasteiger charge is 2.32. The molecule has 0 aromatic carbocycles. The molecule has 0 aliphatic carbocycles. The first-order chi connectivity index (χ1) is 8.83. The lowest BCUT2D eigenvalue weighted by molar-refractivity contribution is 0.0286. The minimum absolute atomic E-state index is 0.198. The summed E-state index contributed by atoms with van der Waals surface area (Å²) >= 11 is 0. The molecule has 0 aromatic heterocycles. The summed E-state index contributed by atoms with van der Waals surface area (Å²) in [6.45, 7) is 9.42. The summed E-state index contributed by atoms with van der Waals surface area (Å²) in [4.78, 5) is 13.8. The van der Waals surface area contributed by atoms with Gasteiger partial charge in [-0.05, 0) is 39.5 Å². The van der Waals surface area contributed by atoms with Gasteiger partial charge in [-0.25, -0.2) is 4.79 Å². The van der Waals surface area contributed by atoms with Crippen LogP contribution in [0.15, 0.2) is 0 Å². The van der Waals surface area contributed by atoms with Gasteiger partial charge >= 0.3 is 6.09 Å². The molecule has 0 spiro atoms. The van der Waals surface area contributed by atoms with E-state index in [0.29, 0.717) is 5.92 Å². The molecule has 0 bridgehead atoms. The van der Waals surface area contributed by atoms with Crippen molar-refractivity contribution in [2.75, 3.05) is 13.1 Å². The first kappa shape index (κ1) is 16.3. The molecule has 19 heavy (non-hydrogen) atoms. The Morgan fingerprint density at radius 2 is 2.11 bits per heavy atom. The summed E-state index contributed by atoms with van der Waals surface area (Å²) < 4.78 is 5.39. The van der Waals surface area contributed by atoms with Crippen molar-refractivity contribution >= 4 is 6.09 Å². The number of hydrogen-bond donors (Lipinski definition) is 1. The Balaban J connectivity index is 2.34. The highest BCUT2D eigenvalue weighted by molar-refractivity contribution is 5.68. The quantitative estimate of drug-likeness (QED) is 0.781. The van der Waals surface area contributed by atoms with Crippen molar-refractivity contribution in [1.29, 1.82) is 0 Å². The van der Waals surface area contributed by atoms with Crippen LogP contribution in [0.5, 0.6) is 0 Å².